The topological polar surface area (TPSA) is 74.8 Å². The Kier molecular flexibility index (Phi) is 7.69. The summed E-state index contributed by atoms with van der Waals surface area (Å²) >= 11 is 1.71. The highest BCUT2D eigenvalue weighted by atomic mass is 32.2. The number of thioether (sulfide) groups is 1. The number of hydrogen-bond donors (Lipinski definition) is 3. The van der Waals surface area contributed by atoms with Crippen LogP contribution in [0.3, 0.4) is 0 Å². The molecule has 19 heavy (non-hydrogen) atoms. The number of carbonyl (C=O) groups excluding carboxylic acids is 2. The largest absolute Gasteiger partial charge is 0.354 e. The summed E-state index contributed by atoms with van der Waals surface area (Å²) < 4.78 is 0. The first-order chi connectivity index (χ1) is 9.22. The minimum absolute atomic E-state index is 0.0439. The van der Waals surface area contributed by atoms with E-state index in [2.05, 4.69) is 10.6 Å². The number of nitrogens with two attached hydrogens (primary N) is 1. The Labute approximate surface area is 117 Å². The van der Waals surface area contributed by atoms with E-state index in [0.717, 1.165) is 5.75 Å². The maximum atomic E-state index is 11.4. The first-order valence-corrected chi connectivity index (χ1v) is 7.17. The number of likely N-dealkylation sites (N-methyl/N-ethyl adjacent to an activating group) is 1. The molecule has 1 aromatic rings. The molecule has 0 bridgehead atoms. The number of quaternary nitrogens is 1. The van der Waals surface area contributed by atoms with E-state index in [1.807, 2.05) is 30.3 Å². The molecule has 4 N–H and O–H groups in total. The standard InChI is InChI=1S/C13H19N3O2S/c1-14-12(17)9-15-10-13(18)16-7-8-19-11-5-3-2-4-6-11/h2-6,15H,7-10H2,1H3,(H,14,17)(H,16,18)/p+1. The van der Waals surface area contributed by atoms with Crippen molar-refractivity contribution >= 4 is 23.6 Å². The Hall–Kier alpha value is -1.53. The van der Waals surface area contributed by atoms with Gasteiger partial charge in [-0.05, 0) is 12.1 Å². The second-order valence-corrected chi connectivity index (χ2v) is 5.05. The summed E-state index contributed by atoms with van der Waals surface area (Å²) in [7, 11) is 1.58. The molecule has 0 aliphatic carbocycles. The molecule has 0 saturated heterocycles. The van der Waals surface area contributed by atoms with E-state index in [4.69, 9.17) is 0 Å². The number of benzene rings is 1. The molecule has 0 aliphatic rings. The van der Waals surface area contributed by atoms with Crippen LogP contribution >= 0.6 is 11.8 Å². The second kappa shape index (κ2) is 9.41. The van der Waals surface area contributed by atoms with Gasteiger partial charge < -0.3 is 16.0 Å². The predicted octanol–water partition coefficient (Wildman–Crippen LogP) is -0.796. The highest BCUT2D eigenvalue weighted by Gasteiger charge is 2.05. The van der Waals surface area contributed by atoms with Crippen molar-refractivity contribution < 1.29 is 14.9 Å². The van der Waals surface area contributed by atoms with Crippen LogP contribution < -0.4 is 16.0 Å². The van der Waals surface area contributed by atoms with Gasteiger partial charge in [-0.3, -0.25) is 9.59 Å². The van der Waals surface area contributed by atoms with Crippen LogP contribution in [0.25, 0.3) is 0 Å². The maximum absolute atomic E-state index is 11.4. The number of nitrogens with one attached hydrogen (secondary N) is 2. The third kappa shape index (κ3) is 7.48. The van der Waals surface area contributed by atoms with E-state index in [-0.39, 0.29) is 24.9 Å². The van der Waals surface area contributed by atoms with Crippen LogP contribution in [-0.2, 0) is 9.59 Å². The van der Waals surface area contributed by atoms with Crippen molar-refractivity contribution in [3.63, 3.8) is 0 Å². The molecule has 0 fully saturated rings. The fourth-order valence-electron chi connectivity index (χ4n) is 1.38. The fourth-order valence-corrected chi connectivity index (χ4v) is 2.17. The van der Waals surface area contributed by atoms with E-state index in [9.17, 15) is 9.59 Å². The van der Waals surface area contributed by atoms with Crippen LogP contribution in [0.1, 0.15) is 0 Å². The van der Waals surface area contributed by atoms with Gasteiger partial charge in [-0.15, -0.1) is 11.8 Å². The Morgan fingerprint density at radius 1 is 1.16 bits per heavy atom. The maximum Gasteiger partial charge on any atom is 0.275 e. The van der Waals surface area contributed by atoms with Crippen molar-refractivity contribution in [1.29, 1.82) is 0 Å². The molecule has 0 atom stereocenters. The van der Waals surface area contributed by atoms with Gasteiger partial charge in [0.15, 0.2) is 13.1 Å². The van der Waals surface area contributed by atoms with Crippen molar-refractivity contribution in [2.24, 2.45) is 0 Å². The number of amides is 2. The zero-order valence-corrected chi connectivity index (χ0v) is 11.8. The van der Waals surface area contributed by atoms with Crippen molar-refractivity contribution in [3.8, 4) is 0 Å². The van der Waals surface area contributed by atoms with Crippen LogP contribution in [-0.4, -0.2) is 44.2 Å². The van der Waals surface area contributed by atoms with Gasteiger partial charge in [0.1, 0.15) is 0 Å². The Bertz CT molecular complexity index is 398. The zero-order valence-electron chi connectivity index (χ0n) is 11.0. The molecule has 0 spiro atoms. The van der Waals surface area contributed by atoms with Gasteiger partial charge in [-0.2, -0.15) is 0 Å². The summed E-state index contributed by atoms with van der Waals surface area (Å²) in [4.78, 5) is 23.6. The zero-order chi connectivity index (χ0) is 13.9. The van der Waals surface area contributed by atoms with Crippen LogP contribution in [0.5, 0.6) is 0 Å². The quantitative estimate of drug-likeness (QED) is 0.432. The molecule has 0 aromatic heterocycles. The third-order valence-corrected chi connectivity index (χ3v) is 3.39. The van der Waals surface area contributed by atoms with Crippen LogP contribution in [0.4, 0.5) is 0 Å². The van der Waals surface area contributed by atoms with E-state index >= 15 is 0 Å². The molecule has 104 valence electrons. The smallest absolute Gasteiger partial charge is 0.275 e. The molecule has 1 rings (SSSR count). The minimum atomic E-state index is -0.0765. The fraction of sp³-hybridized carbons (Fsp3) is 0.385. The van der Waals surface area contributed by atoms with Gasteiger partial charge >= 0.3 is 0 Å². The first kappa shape index (κ1) is 15.5. The predicted molar refractivity (Wildman–Crippen MR) is 75.9 cm³/mol. The van der Waals surface area contributed by atoms with E-state index < -0.39 is 0 Å². The lowest BCUT2D eigenvalue weighted by Gasteiger charge is -2.04. The highest BCUT2D eigenvalue weighted by molar-refractivity contribution is 7.99. The summed E-state index contributed by atoms with van der Waals surface area (Å²) in [5.74, 6) is 0.718. The first-order valence-electron chi connectivity index (χ1n) is 6.19. The molecule has 5 nitrogen and oxygen atoms in total. The summed E-state index contributed by atoms with van der Waals surface area (Å²) in [5, 5.41) is 7.00. The lowest BCUT2D eigenvalue weighted by atomic mass is 10.4. The van der Waals surface area contributed by atoms with Crippen molar-refractivity contribution in [2.45, 2.75) is 4.90 Å². The number of hydrogen-bond acceptors (Lipinski definition) is 3. The number of carbonyl (C=O) groups is 2. The van der Waals surface area contributed by atoms with Gasteiger partial charge in [-0.1, -0.05) is 18.2 Å². The van der Waals surface area contributed by atoms with Crippen molar-refractivity contribution in [2.75, 3.05) is 32.4 Å². The van der Waals surface area contributed by atoms with Gasteiger partial charge in [0.25, 0.3) is 11.8 Å². The Morgan fingerprint density at radius 3 is 2.53 bits per heavy atom. The van der Waals surface area contributed by atoms with Gasteiger partial charge in [-0.25, -0.2) is 0 Å². The molecule has 0 radical (unpaired) electrons. The molecule has 0 unspecified atom stereocenters. The lowest BCUT2D eigenvalue weighted by Crippen LogP contribution is -2.88. The van der Waals surface area contributed by atoms with Gasteiger partial charge in [0.2, 0.25) is 0 Å². The normalized spacial score (nSPS) is 9.95. The molecular formula is C13H20N3O2S+. The molecular weight excluding hydrogens is 262 g/mol. The van der Waals surface area contributed by atoms with E-state index in [1.165, 1.54) is 4.90 Å². The third-order valence-electron chi connectivity index (χ3n) is 2.37. The van der Waals surface area contributed by atoms with E-state index in [0.29, 0.717) is 6.54 Å². The second-order valence-electron chi connectivity index (χ2n) is 3.88. The minimum Gasteiger partial charge on any atom is -0.354 e. The highest BCUT2D eigenvalue weighted by Crippen LogP contribution is 2.15. The number of rotatable bonds is 8. The lowest BCUT2D eigenvalue weighted by molar-refractivity contribution is -0.633. The SMILES string of the molecule is CNC(=O)C[NH2+]CC(=O)NCCSc1ccccc1. The Balaban J connectivity index is 2.03. The molecule has 2 amide bonds. The summed E-state index contributed by atoms with van der Waals surface area (Å²) in [6, 6.07) is 10.1. The monoisotopic (exact) mass is 282 g/mol. The summed E-state index contributed by atoms with van der Waals surface area (Å²) in [5.41, 5.74) is 0. The molecule has 1 aromatic carbocycles. The molecule has 0 saturated carbocycles. The van der Waals surface area contributed by atoms with Gasteiger partial charge in [0.05, 0.1) is 0 Å². The van der Waals surface area contributed by atoms with Crippen LogP contribution in [0, 0.1) is 0 Å². The van der Waals surface area contributed by atoms with Crippen LogP contribution in [0.15, 0.2) is 35.2 Å². The van der Waals surface area contributed by atoms with Crippen LogP contribution in [0.2, 0.25) is 0 Å². The molecule has 0 aliphatic heterocycles. The Morgan fingerprint density at radius 2 is 1.84 bits per heavy atom. The average molecular weight is 282 g/mol. The average Bonchev–Trinajstić information content (AvgIpc) is 2.44. The van der Waals surface area contributed by atoms with Crippen molar-refractivity contribution in [1.82, 2.24) is 10.6 Å². The van der Waals surface area contributed by atoms with Crippen molar-refractivity contribution in [3.05, 3.63) is 30.3 Å². The summed E-state index contributed by atoms with van der Waals surface area (Å²) in [6.07, 6.45) is 0. The summed E-state index contributed by atoms with van der Waals surface area (Å²) in [6.45, 7) is 1.19. The van der Waals surface area contributed by atoms with E-state index in [1.54, 1.807) is 24.1 Å². The molecule has 6 heteroatoms. The molecule has 0 heterocycles. The van der Waals surface area contributed by atoms with Gasteiger partial charge in [0, 0.05) is 24.2 Å².